The summed E-state index contributed by atoms with van der Waals surface area (Å²) in [5.74, 6) is -0.421. The minimum atomic E-state index is -0.640. The highest BCUT2D eigenvalue weighted by molar-refractivity contribution is 6.30. The summed E-state index contributed by atoms with van der Waals surface area (Å²) < 4.78 is 14.7. The number of hydrogen-bond donors (Lipinski definition) is 1. The van der Waals surface area contributed by atoms with Gasteiger partial charge in [-0.15, -0.1) is 11.6 Å². The normalized spacial score (nSPS) is 12.4. The van der Waals surface area contributed by atoms with E-state index in [9.17, 15) is 4.79 Å². The molecule has 0 saturated carbocycles. The molecule has 1 unspecified atom stereocenters. The van der Waals surface area contributed by atoms with Gasteiger partial charge in [0.05, 0.1) is 13.7 Å². The van der Waals surface area contributed by atoms with Gasteiger partial charge >= 0.3 is 5.97 Å². The van der Waals surface area contributed by atoms with Crippen LogP contribution in [-0.4, -0.2) is 58.5 Å². The lowest BCUT2D eigenvalue weighted by Crippen LogP contribution is -2.32. The highest BCUT2D eigenvalue weighted by Gasteiger charge is 2.14. The summed E-state index contributed by atoms with van der Waals surface area (Å²) in [5.41, 5.74) is 0. The molecule has 0 fully saturated rings. The van der Waals surface area contributed by atoms with E-state index in [0.29, 0.717) is 32.9 Å². The molecule has 0 rings (SSSR count). The summed E-state index contributed by atoms with van der Waals surface area (Å²) in [6.07, 6.45) is 0.886. The third-order valence-corrected chi connectivity index (χ3v) is 2.17. The van der Waals surface area contributed by atoms with Gasteiger partial charge in [0.2, 0.25) is 0 Å². The van der Waals surface area contributed by atoms with E-state index in [2.05, 4.69) is 10.1 Å². The molecule has 0 aliphatic rings. The van der Waals surface area contributed by atoms with Gasteiger partial charge in [-0.1, -0.05) is 0 Å². The number of ether oxygens (including phenoxy) is 3. The van der Waals surface area contributed by atoms with Crippen molar-refractivity contribution in [2.45, 2.75) is 11.8 Å². The Hall–Kier alpha value is -0.360. The van der Waals surface area contributed by atoms with E-state index < -0.39 is 11.3 Å². The van der Waals surface area contributed by atoms with Crippen molar-refractivity contribution in [3.8, 4) is 0 Å². The zero-order valence-corrected chi connectivity index (χ0v) is 10.6. The smallest absolute Gasteiger partial charge is 0.325 e. The molecule has 1 atom stereocenters. The SMILES string of the molecule is COCCCOCCNCC(Cl)C(=O)OC. The second-order valence-electron chi connectivity index (χ2n) is 3.15. The second kappa shape index (κ2) is 11.1. The van der Waals surface area contributed by atoms with Crippen LogP contribution in [0, 0.1) is 0 Å². The number of carbonyl (C=O) groups excluding carboxylic acids is 1. The molecule has 0 saturated heterocycles. The van der Waals surface area contributed by atoms with Crippen molar-refractivity contribution in [3.05, 3.63) is 0 Å². The number of hydrogen-bond acceptors (Lipinski definition) is 5. The molecule has 0 radical (unpaired) electrons. The van der Waals surface area contributed by atoms with Crippen LogP contribution in [-0.2, 0) is 19.0 Å². The van der Waals surface area contributed by atoms with Crippen molar-refractivity contribution >= 4 is 17.6 Å². The Kier molecular flexibility index (Phi) is 10.9. The average Bonchev–Trinajstić information content (AvgIpc) is 2.31. The van der Waals surface area contributed by atoms with Crippen LogP contribution in [0.2, 0.25) is 0 Å². The summed E-state index contributed by atoms with van der Waals surface area (Å²) in [4.78, 5) is 10.9. The fraction of sp³-hybridized carbons (Fsp3) is 0.900. The fourth-order valence-corrected chi connectivity index (χ4v) is 1.19. The first-order valence-corrected chi connectivity index (χ1v) is 5.65. The molecule has 0 amide bonds. The first kappa shape index (κ1) is 15.6. The van der Waals surface area contributed by atoms with Gasteiger partial charge in [-0.2, -0.15) is 0 Å². The van der Waals surface area contributed by atoms with Crippen molar-refractivity contribution in [3.63, 3.8) is 0 Å². The van der Waals surface area contributed by atoms with Gasteiger partial charge in [0.1, 0.15) is 5.38 Å². The monoisotopic (exact) mass is 253 g/mol. The predicted octanol–water partition coefficient (Wildman–Crippen LogP) is 0.410. The molecule has 0 heterocycles. The van der Waals surface area contributed by atoms with Crippen LogP contribution in [0.4, 0.5) is 0 Å². The van der Waals surface area contributed by atoms with E-state index in [-0.39, 0.29) is 0 Å². The van der Waals surface area contributed by atoms with Gasteiger partial charge < -0.3 is 19.5 Å². The predicted molar refractivity (Wildman–Crippen MR) is 61.8 cm³/mol. The Balaban J connectivity index is 3.17. The third-order valence-electron chi connectivity index (χ3n) is 1.84. The minimum Gasteiger partial charge on any atom is -0.468 e. The van der Waals surface area contributed by atoms with Gasteiger partial charge in [0.15, 0.2) is 0 Å². The first-order chi connectivity index (χ1) is 7.72. The zero-order chi connectivity index (χ0) is 12.2. The number of carbonyl (C=O) groups is 1. The van der Waals surface area contributed by atoms with Crippen molar-refractivity contribution < 1.29 is 19.0 Å². The van der Waals surface area contributed by atoms with E-state index in [1.54, 1.807) is 7.11 Å². The highest BCUT2D eigenvalue weighted by Crippen LogP contribution is 1.95. The van der Waals surface area contributed by atoms with Gasteiger partial charge in [0.25, 0.3) is 0 Å². The minimum absolute atomic E-state index is 0.385. The lowest BCUT2D eigenvalue weighted by atomic mass is 10.4. The summed E-state index contributed by atoms with van der Waals surface area (Å²) in [7, 11) is 2.98. The van der Waals surface area contributed by atoms with Gasteiger partial charge in [-0.3, -0.25) is 4.79 Å². The molecular weight excluding hydrogens is 234 g/mol. The van der Waals surface area contributed by atoms with Crippen LogP contribution in [0.25, 0.3) is 0 Å². The number of rotatable bonds is 10. The molecule has 0 bridgehead atoms. The standard InChI is InChI=1S/C10H20ClNO4/c1-14-5-3-6-16-7-4-12-8-9(11)10(13)15-2/h9,12H,3-8H2,1-2H3. The first-order valence-electron chi connectivity index (χ1n) is 5.21. The maximum absolute atomic E-state index is 10.9. The van der Waals surface area contributed by atoms with Crippen LogP contribution >= 0.6 is 11.6 Å². The summed E-state index contributed by atoms with van der Waals surface area (Å²) in [5, 5.41) is 2.36. The second-order valence-corrected chi connectivity index (χ2v) is 3.68. The van der Waals surface area contributed by atoms with Gasteiger partial charge in [-0.25, -0.2) is 0 Å². The van der Waals surface area contributed by atoms with Crippen molar-refractivity contribution in [2.75, 3.05) is 47.1 Å². The molecule has 0 aromatic rings. The molecule has 0 spiro atoms. The summed E-state index contributed by atoms with van der Waals surface area (Å²) in [6.45, 7) is 3.02. The average molecular weight is 254 g/mol. The van der Waals surface area contributed by atoms with Crippen LogP contribution < -0.4 is 5.32 Å². The maximum atomic E-state index is 10.9. The molecule has 0 aliphatic heterocycles. The van der Waals surface area contributed by atoms with Crippen molar-refractivity contribution in [1.82, 2.24) is 5.32 Å². The molecule has 6 heteroatoms. The Labute approximate surface area is 101 Å². The van der Waals surface area contributed by atoms with Crippen LogP contribution in [0.5, 0.6) is 0 Å². The number of esters is 1. The molecule has 96 valence electrons. The van der Waals surface area contributed by atoms with E-state index in [4.69, 9.17) is 21.1 Å². The van der Waals surface area contributed by atoms with Crippen LogP contribution in [0.15, 0.2) is 0 Å². The number of methoxy groups -OCH3 is 2. The van der Waals surface area contributed by atoms with E-state index in [1.807, 2.05) is 0 Å². The number of nitrogens with one attached hydrogen (secondary N) is 1. The Morgan fingerprint density at radius 1 is 1.31 bits per heavy atom. The highest BCUT2D eigenvalue weighted by atomic mass is 35.5. The molecule has 1 N–H and O–H groups in total. The molecular formula is C10H20ClNO4. The molecule has 0 aliphatic carbocycles. The van der Waals surface area contributed by atoms with Crippen molar-refractivity contribution in [2.24, 2.45) is 0 Å². The summed E-state index contributed by atoms with van der Waals surface area (Å²) >= 11 is 5.72. The van der Waals surface area contributed by atoms with Crippen LogP contribution in [0.1, 0.15) is 6.42 Å². The van der Waals surface area contributed by atoms with E-state index in [1.165, 1.54) is 7.11 Å². The summed E-state index contributed by atoms with van der Waals surface area (Å²) in [6, 6.07) is 0. The van der Waals surface area contributed by atoms with Crippen LogP contribution in [0.3, 0.4) is 0 Å². The molecule has 5 nitrogen and oxygen atoms in total. The lowest BCUT2D eigenvalue weighted by molar-refractivity contribution is -0.140. The zero-order valence-electron chi connectivity index (χ0n) is 9.83. The quantitative estimate of drug-likeness (QED) is 0.347. The topological polar surface area (TPSA) is 56.8 Å². The molecule has 0 aromatic heterocycles. The lowest BCUT2D eigenvalue weighted by Gasteiger charge is -2.09. The largest absolute Gasteiger partial charge is 0.468 e. The third kappa shape index (κ3) is 8.91. The number of alkyl halides is 1. The van der Waals surface area contributed by atoms with E-state index in [0.717, 1.165) is 6.42 Å². The van der Waals surface area contributed by atoms with E-state index >= 15 is 0 Å². The fourth-order valence-electron chi connectivity index (χ4n) is 0.992. The molecule has 0 aromatic carbocycles. The Morgan fingerprint density at radius 2 is 2.06 bits per heavy atom. The Morgan fingerprint density at radius 3 is 2.69 bits per heavy atom. The number of halogens is 1. The maximum Gasteiger partial charge on any atom is 0.325 e. The molecule has 16 heavy (non-hydrogen) atoms. The Bertz CT molecular complexity index is 180. The van der Waals surface area contributed by atoms with Gasteiger partial charge in [-0.05, 0) is 6.42 Å². The van der Waals surface area contributed by atoms with Gasteiger partial charge in [0, 0.05) is 33.4 Å². The van der Waals surface area contributed by atoms with Crippen molar-refractivity contribution in [1.29, 1.82) is 0 Å².